The summed E-state index contributed by atoms with van der Waals surface area (Å²) in [6.07, 6.45) is 3.68. The molecule has 2 aromatic carbocycles. The van der Waals surface area contributed by atoms with Crippen LogP contribution in [0, 0.1) is 0 Å². The molecule has 0 aliphatic rings. The van der Waals surface area contributed by atoms with E-state index >= 15 is 0 Å². The van der Waals surface area contributed by atoms with Crippen LogP contribution < -0.4 is 14.8 Å². The van der Waals surface area contributed by atoms with Crippen molar-refractivity contribution in [3.8, 4) is 11.5 Å². The number of para-hydroxylation sites is 1. The first-order chi connectivity index (χ1) is 15.4. The van der Waals surface area contributed by atoms with Gasteiger partial charge in [0.2, 0.25) is 0 Å². The molecule has 1 N–H and O–H groups in total. The number of aryl methyl sites for hydroxylation is 1. The summed E-state index contributed by atoms with van der Waals surface area (Å²) in [6, 6.07) is 12.8. The lowest BCUT2D eigenvalue weighted by molar-refractivity contribution is -0.127. The first-order valence-corrected chi connectivity index (χ1v) is 10.5. The molecule has 0 bridgehead atoms. The molecule has 168 valence electrons. The average Bonchev–Trinajstić information content (AvgIpc) is 3.14. The molecule has 3 aromatic rings. The number of carbonyl (C=O) groups is 2. The summed E-state index contributed by atoms with van der Waals surface area (Å²) in [4.78, 5) is 28.0. The summed E-state index contributed by atoms with van der Waals surface area (Å²) in [5, 5.41) is 3.82. The molecule has 0 atom stereocenters. The molecule has 0 spiro atoms. The van der Waals surface area contributed by atoms with Gasteiger partial charge in [0.15, 0.2) is 11.5 Å². The largest absolute Gasteiger partial charge is 0.493 e. The number of rotatable bonds is 8. The highest BCUT2D eigenvalue weighted by molar-refractivity contribution is 6.06. The van der Waals surface area contributed by atoms with E-state index in [1.54, 1.807) is 29.2 Å². The van der Waals surface area contributed by atoms with E-state index in [2.05, 4.69) is 5.32 Å². The molecule has 1 heterocycles. The summed E-state index contributed by atoms with van der Waals surface area (Å²) in [6.45, 7) is 4.89. The van der Waals surface area contributed by atoms with E-state index in [1.165, 1.54) is 14.2 Å². The van der Waals surface area contributed by atoms with E-state index in [4.69, 9.17) is 9.47 Å². The van der Waals surface area contributed by atoms with Crippen molar-refractivity contribution >= 4 is 28.8 Å². The molecule has 0 saturated carbocycles. The normalized spacial score (nSPS) is 11.3. The number of amides is 2. The van der Waals surface area contributed by atoms with Crippen LogP contribution >= 0.6 is 0 Å². The van der Waals surface area contributed by atoms with Crippen molar-refractivity contribution in [2.45, 2.75) is 13.8 Å². The SMILES string of the molecule is CCN(CC)C(=O)C(=Cc1cn(C)c2ccccc12)NC(=O)c1ccc(OC)c(OC)c1. The number of hydrogen-bond acceptors (Lipinski definition) is 4. The highest BCUT2D eigenvalue weighted by Crippen LogP contribution is 2.28. The van der Waals surface area contributed by atoms with Gasteiger partial charge >= 0.3 is 0 Å². The standard InChI is InChI=1S/C25H29N3O4/c1-6-28(7-2)25(30)20(14-18-16-27(3)21-11-9-8-10-19(18)21)26-24(29)17-12-13-22(31-4)23(15-17)32-5/h8-16H,6-7H2,1-5H3,(H,26,29). The van der Waals surface area contributed by atoms with Gasteiger partial charge in [0.1, 0.15) is 5.70 Å². The van der Waals surface area contributed by atoms with Gasteiger partial charge in [-0.1, -0.05) is 18.2 Å². The van der Waals surface area contributed by atoms with Gasteiger partial charge in [0.25, 0.3) is 11.8 Å². The lowest BCUT2D eigenvalue weighted by atomic mass is 10.1. The van der Waals surface area contributed by atoms with Gasteiger partial charge < -0.3 is 24.3 Å². The average molecular weight is 436 g/mol. The van der Waals surface area contributed by atoms with Gasteiger partial charge in [-0.15, -0.1) is 0 Å². The monoisotopic (exact) mass is 435 g/mol. The molecule has 0 fully saturated rings. The predicted octanol–water partition coefficient (Wildman–Crippen LogP) is 3.83. The topological polar surface area (TPSA) is 72.8 Å². The molecular formula is C25H29N3O4. The van der Waals surface area contributed by atoms with E-state index in [0.717, 1.165) is 16.5 Å². The summed E-state index contributed by atoms with van der Waals surface area (Å²) < 4.78 is 12.5. The van der Waals surface area contributed by atoms with E-state index in [9.17, 15) is 9.59 Å². The predicted molar refractivity (Wildman–Crippen MR) is 126 cm³/mol. The second-order valence-electron chi connectivity index (χ2n) is 7.27. The lowest BCUT2D eigenvalue weighted by Crippen LogP contribution is -2.38. The number of nitrogens with one attached hydrogen (secondary N) is 1. The Morgan fingerprint density at radius 3 is 2.38 bits per heavy atom. The number of ether oxygens (including phenoxy) is 2. The molecule has 0 unspecified atom stereocenters. The van der Waals surface area contributed by atoms with Crippen LogP contribution in [0.1, 0.15) is 29.8 Å². The van der Waals surface area contributed by atoms with Crippen LogP contribution in [-0.4, -0.2) is 48.6 Å². The molecule has 0 radical (unpaired) electrons. The minimum atomic E-state index is -0.405. The number of hydrogen-bond donors (Lipinski definition) is 1. The smallest absolute Gasteiger partial charge is 0.270 e. The zero-order valence-electron chi connectivity index (χ0n) is 19.1. The first-order valence-electron chi connectivity index (χ1n) is 10.5. The van der Waals surface area contributed by atoms with Crippen molar-refractivity contribution in [2.75, 3.05) is 27.3 Å². The van der Waals surface area contributed by atoms with Gasteiger partial charge in [-0.05, 0) is 44.2 Å². The van der Waals surface area contributed by atoms with Crippen LogP contribution in [0.2, 0.25) is 0 Å². The van der Waals surface area contributed by atoms with Gasteiger partial charge in [-0.3, -0.25) is 9.59 Å². The summed E-state index contributed by atoms with van der Waals surface area (Å²) >= 11 is 0. The lowest BCUT2D eigenvalue weighted by Gasteiger charge is -2.21. The third-order valence-electron chi connectivity index (χ3n) is 5.40. The third kappa shape index (κ3) is 4.61. The van der Waals surface area contributed by atoms with E-state index < -0.39 is 5.91 Å². The van der Waals surface area contributed by atoms with E-state index in [0.29, 0.717) is 30.2 Å². The molecule has 0 saturated heterocycles. The Balaban J connectivity index is 2.02. The highest BCUT2D eigenvalue weighted by atomic mass is 16.5. The minimum Gasteiger partial charge on any atom is -0.493 e. The zero-order valence-corrected chi connectivity index (χ0v) is 19.1. The molecular weight excluding hydrogens is 406 g/mol. The van der Waals surface area contributed by atoms with Crippen LogP contribution in [0.15, 0.2) is 54.4 Å². The molecule has 0 aliphatic heterocycles. The Morgan fingerprint density at radius 1 is 1.03 bits per heavy atom. The van der Waals surface area contributed by atoms with Crippen molar-refractivity contribution in [2.24, 2.45) is 7.05 Å². The van der Waals surface area contributed by atoms with Crippen LogP contribution in [0.5, 0.6) is 11.5 Å². The van der Waals surface area contributed by atoms with Gasteiger partial charge in [-0.2, -0.15) is 0 Å². The summed E-state index contributed by atoms with van der Waals surface area (Å²) in [5.74, 6) is 0.319. The maximum atomic E-state index is 13.2. The van der Waals surface area contributed by atoms with Crippen molar-refractivity contribution in [3.05, 3.63) is 65.5 Å². The summed E-state index contributed by atoms with van der Waals surface area (Å²) in [5.41, 5.74) is 2.47. The number of nitrogens with zero attached hydrogens (tertiary/aromatic N) is 2. The number of fused-ring (bicyclic) bond motifs is 1. The fourth-order valence-corrected chi connectivity index (χ4v) is 3.65. The highest BCUT2D eigenvalue weighted by Gasteiger charge is 2.20. The zero-order chi connectivity index (χ0) is 23.3. The maximum absolute atomic E-state index is 13.2. The first kappa shape index (κ1) is 22.9. The molecule has 3 rings (SSSR count). The van der Waals surface area contributed by atoms with Gasteiger partial charge in [0.05, 0.1) is 14.2 Å². The molecule has 7 heteroatoms. The Kier molecular flexibility index (Phi) is 7.20. The number of methoxy groups -OCH3 is 2. The Hall–Kier alpha value is -3.74. The Labute approximate surface area is 188 Å². The van der Waals surface area contributed by atoms with Crippen LogP contribution in [0.25, 0.3) is 17.0 Å². The fraction of sp³-hybridized carbons (Fsp3) is 0.280. The van der Waals surface area contributed by atoms with Crippen molar-refractivity contribution in [3.63, 3.8) is 0 Å². The molecule has 0 aliphatic carbocycles. The number of carbonyl (C=O) groups excluding carboxylic acids is 2. The Bertz CT molecular complexity index is 1160. The Morgan fingerprint density at radius 2 is 1.72 bits per heavy atom. The number of likely N-dealkylation sites (N-methyl/N-ethyl adjacent to an activating group) is 1. The van der Waals surface area contributed by atoms with E-state index in [-0.39, 0.29) is 11.6 Å². The molecule has 2 amide bonds. The maximum Gasteiger partial charge on any atom is 0.270 e. The summed E-state index contributed by atoms with van der Waals surface area (Å²) in [7, 11) is 4.99. The van der Waals surface area contributed by atoms with E-state index in [1.807, 2.05) is 55.9 Å². The molecule has 7 nitrogen and oxygen atoms in total. The van der Waals surface area contributed by atoms with Crippen molar-refractivity contribution < 1.29 is 19.1 Å². The van der Waals surface area contributed by atoms with Crippen LogP contribution in [-0.2, 0) is 11.8 Å². The van der Waals surface area contributed by atoms with Crippen LogP contribution in [0.3, 0.4) is 0 Å². The third-order valence-corrected chi connectivity index (χ3v) is 5.40. The van der Waals surface area contributed by atoms with Crippen LogP contribution in [0.4, 0.5) is 0 Å². The number of aromatic nitrogens is 1. The van der Waals surface area contributed by atoms with Gasteiger partial charge in [0, 0.05) is 48.4 Å². The minimum absolute atomic E-state index is 0.213. The number of benzene rings is 2. The molecule has 1 aromatic heterocycles. The second kappa shape index (κ2) is 10.0. The second-order valence-corrected chi connectivity index (χ2v) is 7.27. The quantitative estimate of drug-likeness (QED) is 0.546. The van der Waals surface area contributed by atoms with Gasteiger partial charge in [-0.25, -0.2) is 0 Å². The van der Waals surface area contributed by atoms with Crippen molar-refractivity contribution in [1.29, 1.82) is 0 Å². The van der Waals surface area contributed by atoms with Crippen molar-refractivity contribution in [1.82, 2.24) is 14.8 Å². The fourth-order valence-electron chi connectivity index (χ4n) is 3.65. The molecule has 32 heavy (non-hydrogen) atoms.